The van der Waals surface area contributed by atoms with E-state index >= 15 is 0 Å². The predicted octanol–water partition coefficient (Wildman–Crippen LogP) is 2.42. The number of anilines is 1. The minimum atomic E-state index is -3.60. The summed E-state index contributed by atoms with van der Waals surface area (Å²) in [7, 11) is -3.60. The van der Waals surface area contributed by atoms with Gasteiger partial charge in [-0.25, -0.2) is 8.42 Å². The van der Waals surface area contributed by atoms with E-state index in [0.717, 1.165) is 5.56 Å². The Labute approximate surface area is 177 Å². The third-order valence-corrected chi connectivity index (χ3v) is 7.36. The zero-order valence-electron chi connectivity index (χ0n) is 17.5. The average molecular weight is 430 g/mol. The van der Waals surface area contributed by atoms with Crippen LogP contribution in [-0.4, -0.2) is 50.2 Å². The number of carbonyl (C=O) groups is 2. The number of hydrogen-bond acceptors (Lipinski definition) is 4. The highest BCUT2D eigenvalue weighted by molar-refractivity contribution is 7.89. The monoisotopic (exact) mass is 429 g/mol. The summed E-state index contributed by atoms with van der Waals surface area (Å²) >= 11 is 0. The van der Waals surface area contributed by atoms with E-state index in [1.807, 2.05) is 31.2 Å². The van der Waals surface area contributed by atoms with Crippen LogP contribution in [0.3, 0.4) is 0 Å². The highest BCUT2D eigenvalue weighted by atomic mass is 32.2. The quantitative estimate of drug-likeness (QED) is 0.732. The van der Waals surface area contributed by atoms with Crippen LogP contribution in [0, 0.1) is 0 Å². The first kappa shape index (κ1) is 22.0. The molecule has 0 fully saturated rings. The Morgan fingerprint density at radius 3 is 2.27 bits per heavy atom. The van der Waals surface area contributed by atoms with Crippen molar-refractivity contribution < 1.29 is 18.0 Å². The molecule has 1 N–H and O–H groups in total. The van der Waals surface area contributed by atoms with Gasteiger partial charge in [0.15, 0.2) is 0 Å². The SMILES string of the molecule is CCNC(=O)[C@H]1Cc2ccccc2N1C(=O)c1ccc(S(=O)(=O)N(CC)CC)cc1. The number of likely N-dealkylation sites (N-methyl/N-ethyl adjacent to an activating group) is 1. The fourth-order valence-corrected chi connectivity index (χ4v) is 5.22. The van der Waals surface area contributed by atoms with Gasteiger partial charge in [-0.15, -0.1) is 0 Å². The lowest BCUT2D eigenvalue weighted by Gasteiger charge is -2.25. The van der Waals surface area contributed by atoms with E-state index in [-0.39, 0.29) is 16.7 Å². The predicted molar refractivity (Wildman–Crippen MR) is 116 cm³/mol. The fourth-order valence-electron chi connectivity index (χ4n) is 3.76. The van der Waals surface area contributed by atoms with Gasteiger partial charge in [0.1, 0.15) is 6.04 Å². The van der Waals surface area contributed by atoms with Crippen LogP contribution in [0.2, 0.25) is 0 Å². The van der Waals surface area contributed by atoms with Gasteiger partial charge < -0.3 is 5.32 Å². The Morgan fingerprint density at radius 1 is 1.03 bits per heavy atom. The first-order valence-corrected chi connectivity index (χ1v) is 11.6. The molecule has 0 spiro atoms. The van der Waals surface area contributed by atoms with Crippen molar-refractivity contribution in [1.82, 2.24) is 9.62 Å². The molecule has 0 aromatic heterocycles. The number of sulfonamides is 1. The van der Waals surface area contributed by atoms with Gasteiger partial charge in [-0.3, -0.25) is 14.5 Å². The van der Waals surface area contributed by atoms with Gasteiger partial charge in [-0.05, 0) is 42.8 Å². The zero-order valence-corrected chi connectivity index (χ0v) is 18.3. The molecule has 1 heterocycles. The van der Waals surface area contributed by atoms with E-state index in [1.54, 1.807) is 13.8 Å². The molecule has 0 saturated heterocycles. The molecule has 1 aliphatic rings. The van der Waals surface area contributed by atoms with Crippen LogP contribution in [0.15, 0.2) is 53.4 Å². The lowest BCUT2D eigenvalue weighted by Crippen LogP contribution is -2.48. The first-order chi connectivity index (χ1) is 14.3. The Bertz CT molecular complexity index is 1030. The van der Waals surface area contributed by atoms with Crippen molar-refractivity contribution in [2.75, 3.05) is 24.5 Å². The number of benzene rings is 2. The molecule has 160 valence electrons. The smallest absolute Gasteiger partial charge is 0.259 e. The van der Waals surface area contributed by atoms with Gasteiger partial charge in [0.25, 0.3) is 5.91 Å². The van der Waals surface area contributed by atoms with Crippen LogP contribution in [0.4, 0.5) is 5.69 Å². The zero-order chi connectivity index (χ0) is 21.9. The van der Waals surface area contributed by atoms with Crippen LogP contribution < -0.4 is 10.2 Å². The average Bonchev–Trinajstić information content (AvgIpc) is 3.14. The maximum absolute atomic E-state index is 13.3. The minimum Gasteiger partial charge on any atom is -0.355 e. The summed E-state index contributed by atoms with van der Waals surface area (Å²) < 4.78 is 26.7. The molecular weight excluding hydrogens is 402 g/mol. The van der Waals surface area contributed by atoms with Crippen LogP contribution in [0.1, 0.15) is 36.7 Å². The number of amides is 2. The van der Waals surface area contributed by atoms with Crippen molar-refractivity contribution in [2.45, 2.75) is 38.1 Å². The summed E-state index contributed by atoms with van der Waals surface area (Å²) in [4.78, 5) is 27.6. The van der Waals surface area contributed by atoms with Crippen molar-refractivity contribution in [3.8, 4) is 0 Å². The molecule has 0 bridgehead atoms. The van der Waals surface area contributed by atoms with Gasteiger partial charge in [0.2, 0.25) is 15.9 Å². The summed E-state index contributed by atoms with van der Waals surface area (Å²) in [5, 5.41) is 2.80. The standard InChI is InChI=1S/C22H27N3O4S/c1-4-23-21(26)20-15-17-9-7-8-10-19(17)25(20)22(27)16-11-13-18(14-12-16)30(28,29)24(5-2)6-3/h7-14,20H,4-6,15H2,1-3H3,(H,23,26)/t20-/m1/s1. The number of para-hydroxylation sites is 1. The van der Waals surface area contributed by atoms with Gasteiger partial charge in [-0.2, -0.15) is 4.31 Å². The van der Waals surface area contributed by atoms with Gasteiger partial charge in [0.05, 0.1) is 4.90 Å². The number of nitrogens with one attached hydrogen (secondary N) is 1. The lowest BCUT2D eigenvalue weighted by atomic mass is 10.1. The van der Waals surface area contributed by atoms with E-state index in [4.69, 9.17) is 0 Å². The van der Waals surface area contributed by atoms with Crippen LogP contribution in [0.5, 0.6) is 0 Å². The fraction of sp³-hybridized carbons (Fsp3) is 0.364. The second-order valence-corrected chi connectivity index (χ2v) is 8.97. The molecule has 8 heteroatoms. The van der Waals surface area contributed by atoms with Crippen LogP contribution in [0.25, 0.3) is 0 Å². The molecule has 3 rings (SSSR count). The lowest BCUT2D eigenvalue weighted by molar-refractivity contribution is -0.122. The third-order valence-electron chi connectivity index (χ3n) is 5.29. The summed E-state index contributed by atoms with van der Waals surface area (Å²) in [6, 6.07) is 12.7. The van der Waals surface area contributed by atoms with Gasteiger partial charge in [0, 0.05) is 37.3 Å². The molecule has 1 aliphatic heterocycles. The van der Waals surface area contributed by atoms with E-state index in [9.17, 15) is 18.0 Å². The molecule has 0 radical (unpaired) electrons. The summed E-state index contributed by atoms with van der Waals surface area (Å²) in [6.45, 7) is 6.62. The summed E-state index contributed by atoms with van der Waals surface area (Å²) in [5.41, 5.74) is 1.97. The van der Waals surface area contributed by atoms with Crippen molar-refractivity contribution in [3.63, 3.8) is 0 Å². The molecule has 1 atom stereocenters. The Hall–Kier alpha value is -2.71. The van der Waals surface area contributed by atoms with Crippen molar-refractivity contribution in [1.29, 1.82) is 0 Å². The van der Waals surface area contributed by atoms with Crippen LogP contribution in [-0.2, 0) is 21.2 Å². The van der Waals surface area contributed by atoms with Gasteiger partial charge in [-0.1, -0.05) is 32.0 Å². The minimum absolute atomic E-state index is 0.143. The second-order valence-electron chi connectivity index (χ2n) is 7.03. The second kappa shape index (κ2) is 8.97. The molecule has 30 heavy (non-hydrogen) atoms. The number of fused-ring (bicyclic) bond motifs is 1. The topological polar surface area (TPSA) is 86.8 Å². The molecule has 0 unspecified atom stereocenters. The number of nitrogens with zero attached hydrogens (tertiary/aromatic N) is 2. The molecule has 7 nitrogen and oxygen atoms in total. The molecular formula is C22H27N3O4S. The molecule has 2 aromatic carbocycles. The van der Waals surface area contributed by atoms with E-state index in [2.05, 4.69) is 5.32 Å². The molecule has 0 saturated carbocycles. The van der Waals surface area contributed by atoms with E-state index in [1.165, 1.54) is 33.5 Å². The largest absolute Gasteiger partial charge is 0.355 e. The van der Waals surface area contributed by atoms with E-state index < -0.39 is 16.1 Å². The number of carbonyl (C=O) groups excluding carboxylic acids is 2. The van der Waals surface area contributed by atoms with Crippen molar-refractivity contribution >= 4 is 27.5 Å². The molecule has 2 aromatic rings. The maximum Gasteiger partial charge on any atom is 0.259 e. The molecule has 0 aliphatic carbocycles. The first-order valence-electron chi connectivity index (χ1n) is 10.1. The maximum atomic E-state index is 13.3. The van der Waals surface area contributed by atoms with Gasteiger partial charge >= 0.3 is 0 Å². The van der Waals surface area contributed by atoms with Crippen LogP contribution >= 0.6 is 0 Å². The van der Waals surface area contributed by atoms with Crippen molar-refractivity contribution in [3.05, 3.63) is 59.7 Å². The number of rotatable bonds is 7. The number of hydrogen-bond donors (Lipinski definition) is 1. The normalized spacial score (nSPS) is 15.9. The van der Waals surface area contributed by atoms with Crippen molar-refractivity contribution in [2.24, 2.45) is 0 Å². The third kappa shape index (κ3) is 3.97. The molecule has 2 amide bonds. The van der Waals surface area contributed by atoms with E-state index in [0.29, 0.717) is 37.3 Å². The highest BCUT2D eigenvalue weighted by Crippen LogP contribution is 2.33. The Kier molecular flexibility index (Phi) is 6.58. The Morgan fingerprint density at radius 2 is 1.67 bits per heavy atom. The highest BCUT2D eigenvalue weighted by Gasteiger charge is 2.38. The summed E-state index contributed by atoms with van der Waals surface area (Å²) in [5.74, 6) is -0.536. The Balaban J connectivity index is 1.93. The summed E-state index contributed by atoms with van der Waals surface area (Å²) in [6.07, 6.45) is 0.447.